The molecule has 1 fully saturated rings. The van der Waals surface area contributed by atoms with Gasteiger partial charge in [-0.2, -0.15) is 0 Å². The molecule has 1 atom stereocenters. The number of ether oxygens (including phenoxy) is 1. The van der Waals surface area contributed by atoms with Crippen LogP contribution in [-0.2, 0) is 13.2 Å². The van der Waals surface area contributed by atoms with Crippen molar-refractivity contribution in [3.05, 3.63) is 99.7 Å². The number of aliphatic hydroxyl groups is 1. The van der Waals surface area contributed by atoms with E-state index in [0.29, 0.717) is 11.3 Å². The molecule has 6 nitrogen and oxygen atoms in total. The lowest BCUT2D eigenvalue weighted by Crippen LogP contribution is -2.37. The highest BCUT2D eigenvalue weighted by atomic mass is 19.1. The van der Waals surface area contributed by atoms with Gasteiger partial charge in [-0.25, -0.2) is 4.39 Å². The zero-order valence-corrected chi connectivity index (χ0v) is 19.2. The van der Waals surface area contributed by atoms with Crippen LogP contribution in [0.4, 0.5) is 4.39 Å². The number of aromatic nitrogens is 1. The molecule has 2 aromatic carbocycles. The Morgan fingerprint density at radius 3 is 2.41 bits per heavy atom. The van der Waals surface area contributed by atoms with Crippen molar-refractivity contribution in [3.8, 4) is 5.75 Å². The monoisotopic (exact) mass is 464 g/mol. The molecule has 1 aromatic heterocycles. The summed E-state index contributed by atoms with van der Waals surface area (Å²) in [6.07, 6.45) is 2.90. The minimum Gasteiger partial charge on any atom is -0.489 e. The Labute approximate surface area is 198 Å². The van der Waals surface area contributed by atoms with Gasteiger partial charge in [0, 0.05) is 37.0 Å². The van der Waals surface area contributed by atoms with Crippen molar-refractivity contribution in [1.82, 2.24) is 9.47 Å². The minimum absolute atomic E-state index is 0.0595. The molecule has 178 valence electrons. The van der Waals surface area contributed by atoms with E-state index in [2.05, 4.69) is 11.8 Å². The number of likely N-dealkylation sites (tertiary alicyclic amines) is 1. The van der Waals surface area contributed by atoms with Crippen molar-refractivity contribution in [2.75, 3.05) is 13.1 Å². The third kappa shape index (κ3) is 5.98. The molecule has 0 bridgehead atoms. The maximum atomic E-state index is 13.0. The molecule has 1 aliphatic heterocycles. The highest BCUT2D eigenvalue weighted by molar-refractivity contribution is 5.95. The number of benzene rings is 2. The van der Waals surface area contributed by atoms with Crippen LogP contribution in [0.1, 0.15) is 47.3 Å². The molecule has 0 spiro atoms. The standard InChI is InChI=1S/C27H29FN2O4/c1-19(29-13-10-24(31)11-14-29)21-4-6-22(7-5-21)26(32)17-30-15-12-25(16-27(30)33)34-18-20-2-8-23(28)9-3-20/h2-9,12,15-16,19,24,31H,10-11,13-14,17-18H2,1H3. The van der Waals surface area contributed by atoms with Crippen molar-refractivity contribution in [1.29, 1.82) is 0 Å². The second-order valence-electron chi connectivity index (χ2n) is 8.73. The lowest BCUT2D eigenvalue weighted by atomic mass is 10.00. The number of piperidine rings is 1. The fourth-order valence-electron chi connectivity index (χ4n) is 4.13. The summed E-state index contributed by atoms with van der Waals surface area (Å²) in [6, 6.07) is 16.7. The third-order valence-corrected chi connectivity index (χ3v) is 6.36. The Hall–Kier alpha value is -3.29. The summed E-state index contributed by atoms with van der Waals surface area (Å²) < 4.78 is 20.0. The van der Waals surface area contributed by atoms with Gasteiger partial charge >= 0.3 is 0 Å². The van der Waals surface area contributed by atoms with Crippen molar-refractivity contribution >= 4 is 5.78 Å². The molecular formula is C27H29FN2O4. The van der Waals surface area contributed by atoms with Gasteiger partial charge in [-0.1, -0.05) is 36.4 Å². The van der Waals surface area contributed by atoms with Gasteiger partial charge in [-0.15, -0.1) is 0 Å². The number of hydrogen-bond acceptors (Lipinski definition) is 5. The van der Waals surface area contributed by atoms with Crippen molar-refractivity contribution in [3.63, 3.8) is 0 Å². The van der Waals surface area contributed by atoms with Crippen LogP contribution in [-0.4, -0.2) is 39.6 Å². The number of halogens is 1. The van der Waals surface area contributed by atoms with Gasteiger partial charge in [0.15, 0.2) is 5.78 Å². The lowest BCUT2D eigenvalue weighted by molar-refractivity contribution is 0.0645. The van der Waals surface area contributed by atoms with Gasteiger partial charge in [0.1, 0.15) is 18.2 Å². The highest BCUT2D eigenvalue weighted by Gasteiger charge is 2.22. The molecule has 1 N–H and O–H groups in total. The Balaban J connectivity index is 1.34. The quantitative estimate of drug-likeness (QED) is 0.511. The maximum absolute atomic E-state index is 13.0. The average Bonchev–Trinajstić information content (AvgIpc) is 2.85. The van der Waals surface area contributed by atoms with Crippen LogP contribution in [0.2, 0.25) is 0 Å². The van der Waals surface area contributed by atoms with Crippen molar-refractivity contribution in [2.24, 2.45) is 0 Å². The second-order valence-corrected chi connectivity index (χ2v) is 8.73. The first kappa shape index (κ1) is 23.9. The van der Waals surface area contributed by atoms with Gasteiger partial charge in [-0.3, -0.25) is 14.5 Å². The predicted molar refractivity (Wildman–Crippen MR) is 127 cm³/mol. The molecule has 3 aromatic rings. The molecule has 4 rings (SSSR count). The summed E-state index contributed by atoms with van der Waals surface area (Å²) >= 11 is 0. The molecule has 0 saturated carbocycles. The van der Waals surface area contributed by atoms with Crippen LogP contribution in [0.15, 0.2) is 71.7 Å². The van der Waals surface area contributed by atoms with Crippen LogP contribution >= 0.6 is 0 Å². The van der Waals surface area contributed by atoms with Crippen molar-refractivity contribution < 1.29 is 19.0 Å². The Kier molecular flexibility index (Phi) is 7.55. The number of ketones is 1. The average molecular weight is 465 g/mol. The van der Waals surface area contributed by atoms with E-state index in [4.69, 9.17) is 4.74 Å². The minimum atomic E-state index is -0.331. The van der Waals surface area contributed by atoms with E-state index in [1.807, 2.05) is 12.1 Å². The van der Waals surface area contributed by atoms with E-state index >= 15 is 0 Å². The maximum Gasteiger partial charge on any atom is 0.254 e. The van der Waals surface area contributed by atoms with Gasteiger partial charge in [0.25, 0.3) is 5.56 Å². The Bertz CT molecular complexity index is 1170. The van der Waals surface area contributed by atoms with E-state index in [1.54, 1.807) is 36.5 Å². The number of carbonyl (C=O) groups is 1. The highest BCUT2D eigenvalue weighted by Crippen LogP contribution is 2.24. The van der Waals surface area contributed by atoms with Gasteiger partial charge in [0.2, 0.25) is 0 Å². The molecule has 1 saturated heterocycles. The number of aliphatic hydroxyl groups excluding tert-OH is 1. The normalized spacial score (nSPS) is 15.7. The summed E-state index contributed by atoms with van der Waals surface area (Å²) in [5.74, 6) is -0.0770. The lowest BCUT2D eigenvalue weighted by Gasteiger charge is -2.34. The molecule has 2 heterocycles. The third-order valence-electron chi connectivity index (χ3n) is 6.36. The number of Topliss-reactive ketones (excluding diaryl/α,β-unsaturated/α-hetero) is 1. The topological polar surface area (TPSA) is 71.8 Å². The zero-order valence-electron chi connectivity index (χ0n) is 19.2. The van der Waals surface area contributed by atoms with Gasteiger partial charge in [0.05, 0.1) is 12.6 Å². The van der Waals surface area contributed by atoms with Crippen LogP contribution in [0.5, 0.6) is 5.75 Å². The van der Waals surface area contributed by atoms with Crippen LogP contribution in [0.3, 0.4) is 0 Å². The summed E-state index contributed by atoms with van der Waals surface area (Å²) in [5, 5.41) is 9.71. The molecule has 1 unspecified atom stereocenters. The fourth-order valence-corrected chi connectivity index (χ4v) is 4.13. The second kappa shape index (κ2) is 10.8. The van der Waals surface area contributed by atoms with Crippen LogP contribution in [0, 0.1) is 5.82 Å². The molecule has 0 radical (unpaired) electrons. The molecule has 1 aliphatic rings. The van der Waals surface area contributed by atoms with E-state index in [9.17, 15) is 19.1 Å². The summed E-state index contributed by atoms with van der Waals surface area (Å²) in [4.78, 5) is 27.5. The number of pyridine rings is 1. The smallest absolute Gasteiger partial charge is 0.254 e. The van der Waals surface area contributed by atoms with Gasteiger partial charge < -0.3 is 14.4 Å². The number of carbonyl (C=O) groups excluding carboxylic acids is 1. The summed E-state index contributed by atoms with van der Waals surface area (Å²) in [5.41, 5.74) is 2.13. The van der Waals surface area contributed by atoms with Crippen LogP contribution in [0.25, 0.3) is 0 Å². The molecule has 0 aliphatic carbocycles. The SMILES string of the molecule is CC(c1ccc(C(=O)Cn2ccc(OCc3ccc(F)cc3)cc2=O)cc1)N1CCC(O)CC1. The number of hydrogen-bond donors (Lipinski definition) is 1. The first-order valence-electron chi connectivity index (χ1n) is 11.5. The van der Waals surface area contributed by atoms with E-state index in [-0.39, 0.29) is 42.5 Å². The molecule has 34 heavy (non-hydrogen) atoms. The van der Waals surface area contributed by atoms with Gasteiger partial charge in [-0.05, 0) is 49.1 Å². The first-order chi connectivity index (χ1) is 16.4. The molecule has 7 heteroatoms. The molecule has 0 amide bonds. The van der Waals surface area contributed by atoms with Crippen molar-refractivity contribution in [2.45, 2.75) is 45.1 Å². The number of rotatable bonds is 8. The Morgan fingerprint density at radius 2 is 1.76 bits per heavy atom. The molecular weight excluding hydrogens is 435 g/mol. The Morgan fingerprint density at radius 1 is 1.09 bits per heavy atom. The van der Waals surface area contributed by atoms with E-state index in [0.717, 1.165) is 37.1 Å². The summed E-state index contributed by atoms with van der Waals surface area (Å²) in [7, 11) is 0. The van der Waals surface area contributed by atoms with E-state index in [1.165, 1.54) is 22.8 Å². The zero-order chi connectivity index (χ0) is 24.1. The van der Waals surface area contributed by atoms with E-state index < -0.39 is 0 Å². The number of nitrogens with zero attached hydrogens (tertiary/aromatic N) is 2. The van der Waals surface area contributed by atoms with Crippen LogP contribution < -0.4 is 10.3 Å². The predicted octanol–water partition coefficient (Wildman–Crippen LogP) is 3.97. The first-order valence-corrected chi connectivity index (χ1v) is 11.5. The fraction of sp³-hybridized carbons (Fsp3) is 0.333. The summed E-state index contributed by atoms with van der Waals surface area (Å²) in [6.45, 7) is 4.00. The largest absolute Gasteiger partial charge is 0.489 e.